The molecule has 2 bridgehead atoms. The number of hydrogen-bond acceptors (Lipinski definition) is 4. The number of fused-ring (bicyclic) bond motifs is 2. The number of rotatable bonds is 4. The Labute approximate surface area is 112 Å². The van der Waals surface area contributed by atoms with Crippen molar-refractivity contribution in [1.29, 1.82) is 0 Å². The van der Waals surface area contributed by atoms with Gasteiger partial charge in [-0.05, 0) is 30.9 Å². The molecule has 3 unspecified atom stereocenters. The molecule has 102 valence electrons. The molecule has 0 amide bonds. The molecule has 5 nitrogen and oxygen atoms in total. The van der Waals surface area contributed by atoms with Crippen LogP contribution in [0.1, 0.15) is 30.4 Å². The lowest BCUT2D eigenvalue weighted by Gasteiger charge is -2.20. The van der Waals surface area contributed by atoms with Crippen molar-refractivity contribution in [2.75, 3.05) is 0 Å². The summed E-state index contributed by atoms with van der Waals surface area (Å²) >= 11 is 0. The Morgan fingerprint density at radius 2 is 2.37 bits per heavy atom. The molecule has 5 heteroatoms. The van der Waals surface area contributed by atoms with Crippen molar-refractivity contribution in [2.24, 2.45) is 10.9 Å². The van der Waals surface area contributed by atoms with E-state index in [0.717, 1.165) is 24.1 Å². The molecule has 2 saturated heterocycles. The standard InChI is InChI=1S/C14H19N3O2/c15-14(17-18)10-3-1-2-9(6-10)8-16-12-7-11-4-5-13(12)19-11/h1-3,6,11-13,16,18H,4-5,7-8H2,(H2,15,17). The van der Waals surface area contributed by atoms with Crippen molar-refractivity contribution in [2.45, 2.75) is 44.1 Å². The van der Waals surface area contributed by atoms with E-state index >= 15 is 0 Å². The predicted molar refractivity (Wildman–Crippen MR) is 72.1 cm³/mol. The Morgan fingerprint density at radius 3 is 3.05 bits per heavy atom. The zero-order valence-electron chi connectivity index (χ0n) is 10.7. The smallest absolute Gasteiger partial charge is 0.170 e. The van der Waals surface area contributed by atoms with Gasteiger partial charge in [-0.1, -0.05) is 23.4 Å². The SMILES string of the molecule is N/C(=N/O)c1cccc(CNC2CC3CCC2O3)c1. The van der Waals surface area contributed by atoms with E-state index in [1.165, 1.54) is 12.8 Å². The van der Waals surface area contributed by atoms with Crippen molar-refractivity contribution in [3.05, 3.63) is 35.4 Å². The van der Waals surface area contributed by atoms with E-state index < -0.39 is 0 Å². The van der Waals surface area contributed by atoms with E-state index in [2.05, 4.69) is 10.5 Å². The lowest BCUT2D eigenvalue weighted by atomic mass is 9.95. The highest BCUT2D eigenvalue weighted by Crippen LogP contribution is 2.34. The van der Waals surface area contributed by atoms with E-state index in [1.807, 2.05) is 24.3 Å². The molecule has 0 aromatic heterocycles. The van der Waals surface area contributed by atoms with Crippen LogP contribution >= 0.6 is 0 Å². The van der Waals surface area contributed by atoms with Gasteiger partial charge in [0.15, 0.2) is 5.84 Å². The van der Waals surface area contributed by atoms with E-state index in [-0.39, 0.29) is 5.84 Å². The Hall–Kier alpha value is -1.59. The van der Waals surface area contributed by atoms with Gasteiger partial charge in [0.25, 0.3) is 0 Å². The molecule has 0 spiro atoms. The second-order valence-electron chi connectivity index (χ2n) is 5.28. The van der Waals surface area contributed by atoms with Crippen molar-refractivity contribution in [1.82, 2.24) is 5.32 Å². The second kappa shape index (κ2) is 5.19. The molecule has 2 aliphatic heterocycles. The first-order valence-corrected chi connectivity index (χ1v) is 6.72. The van der Waals surface area contributed by atoms with Crippen molar-refractivity contribution >= 4 is 5.84 Å². The maximum Gasteiger partial charge on any atom is 0.170 e. The fourth-order valence-electron chi connectivity index (χ4n) is 3.00. The molecule has 2 heterocycles. The quantitative estimate of drug-likeness (QED) is 0.329. The number of benzene rings is 1. The van der Waals surface area contributed by atoms with Gasteiger partial charge in [-0.15, -0.1) is 0 Å². The summed E-state index contributed by atoms with van der Waals surface area (Å²) in [5.74, 6) is 0.144. The molecular formula is C14H19N3O2. The molecule has 0 aliphatic carbocycles. The monoisotopic (exact) mass is 261 g/mol. The highest BCUT2D eigenvalue weighted by molar-refractivity contribution is 5.97. The van der Waals surface area contributed by atoms with E-state index in [4.69, 9.17) is 15.7 Å². The minimum atomic E-state index is 0.144. The summed E-state index contributed by atoms with van der Waals surface area (Å²) in [5.41, 5.74) is 7.46. The molecule has 2 fully saturated rings. The van der Waals surface area contributed by atoms with Crippen LogP contribution in [0.5, 0.6) is 0 Å². The Morgan fingerprint density at radius 1 is 1.47 bits per heavy atom. The zero-order valence-corrected chi connectivity index (χ0v) is 10.7. The average Bonchev–Trinajstić information content (AvgIpc) is 3.07. The van der Waals surface area contributed by atoms with Gasteiger partial charge in [0.05, 0.1) is 12.2 Å². The lowest BCUT2D eigenvalue weighted by Crippen LogP contribution is -2.37. The van der Waals surface area contributed by atoms with Crippen LogP contribution < -0.4 is 11.1 Å². The number of ether oxygens (including phenoxy) is 1. The summed E-state index contributed by atoms with van der Waals surface area (Å²) in [5, 5.41) is 15.3. The van der Waals surface area contributed by atoms with Gasteiger partial charge in [-0.2, -0.15) is 0 Å². The number of nitrogens with one attached hydrogen (secondary N) is 1. The molecule has 2 aliphatic rings. The molecule has 19 heavy (non-hydrogen) atoms. The molecule has 3 atom stereocenters. The molecule has 0 radical (unpaired) electrons. The fraction of sp³-hybridized carbons (Fsp3) is 0.500. The third kappa shape index (κ3) is 2.57. The third-order valence-electron chi connectivity index (χ3n) is 4.00. The van der Waals surface area contributed by atoms with Crippen LogP contribution in [0.3, 0.4) is 0 Å². The Kier molecular flexibility index (Phi) is 3.40. The first-order chi connectivity index (χ1) is 9.26. The van der Waals surface area contributed by atoms with Crippen LogP contribution in [-0.4, -0.2) is 29.3 Å². The summed E-state index contributed by atoms with van der Waals surface area (Å²) in [6, 6.07) is 8.19. The predicted octanol–water partition coefficient (Wildman–Crippen LogP) is 1.19. The third-order valence-corrected chi connectivity index (χ3v) is 4.00. The van der Waals surface area contributed by atoms with Gasteiger partial charge < -0.3 is 21.0 Å². The van der Waals surface area contributed by atoms with E-state index in [9.17, 15) is 0 Å². The van der Waals surface area contributed by atoms with Gasteiger partial charge in [-0.3, -0.25) is 0 Å². The molecule has 4 N–H and O–H groups in total. The Bertz CT molecular complexity index is 489. The zero-order chi connectivity index (χ0) is 13.2. The second-order valence-corrected chi connectivity index (χ2v) is 5.28. The molecule has 1 aromatic rings. The van der Waals surface area contributed by atoms with Gasteiger partial charge >= 0.3 is 0 Å². The fourth-order valence-corrected chi connectivity index (χ4v) is 3.00. The van der Waals surface area contributed by atoms with Gasteiger partial charge in [0, 0.05) is 18.2 Å². The van der Waals surface area contributed by atoms with E-state index in [1.54, 1.807) is 0 Å². The first-order valence-electron chi connectivity index (χ1n) is 6.72. The topological polar surface area (TPSA) is 79.9 Å². The number of nitrogens with zero attached hydrogens (tertiary/aromatic N) is 1. The summed E-state index contributed by atoms with van der Waals surface area (Å²) in [6.07, 6.45) is 4.35. The van der Waals surface area contributed by atoms with Crippen molar-refractivity contribution in [3.63, 3.8) is 0 Å². The van der Waals surface area contributed by atoms with E-state index in [0.29, 0.717) is 18.2 Å². The van der Waals surface area contributed by atoms with Crippen molar-refractivity contribution in [3.8, 4) is 0 Å². The van der Waals surface area contributed by atoms with Crippen LogP contribution in [0.15, 0.2) is 29.4 Å². The maximum atomic E-state index is 8.68. The highest BCUT2D eigenvalue weighted by Gasteiger charge is 2.40. The van der Waals surface area contributed by atoms with Gasteiger partial charge in [0.1, 0.15) is 0 Å². The normalized spacial score (nSPS) is 29.9. The van der Waals surface area contributed by atoms with Crippen LogP contribution in [0.25, 0.3) is 0 Å². The summed E-state index contributed by atoms with van der Waals surface area (Å²) in [7, 11) is 0. The van der Waals surface area contributed by atoms with Crippen LogP contribution in [0.4, 0.5) is 0 Å². The number of amidine groups is 1. The first kappa shape index (κ1) is 12.4. The minimum absolute atomic E-state index is 0.144. The molecule has 3 rings (SSSR count). The lowest BCUT2D eigenvalue weighted by molar-refractivity contribution is 0.0973. The maximum absolute atomic E-state index is 8.68. The van der Waals surface area contributed by atoms with Crippen molar-refractivity contribution < 1.29 is 9.94 Å². The largest absolute Gasteiger partial charge is 0.409 e. The van der Waals surface area contributed by atoms with Gasteiger partial charge in [0.2, 0.25) is 0 Å². The summed E-state index contributed by atoms with van der Waals surface area (Å²) < 4.78 is 5.82. The van der Waals surface area contributed by atoms with Crippen LogP contribution in [0, 0.1) is 0 Å². The average molecular weight is 261 g/mol. The molecule has 1 aromatic carbocycles. The molecule has 0 saturated carbocycles. The minimum Gasteiger partial charge on any atom is -0.409 e. The van der Waals surface area contributed by atoms with Gasteiger partial charge in [-0.25, -0.2) is 0 Å². The molecular weight excluding hydrogens is 242 g/mol. The summed E-state index contributed by atoms with van der Waals surface area (Å²) in [4.78, 5) is 0. The summed E-state index contributed by atoms with van der Waals surface area (Å²) in [6.45, 7) is 0.782. The Balaban J connectivity index is 1.61. The highest BCUT2D eigenvalue weighted by atomic mass is 16.5. The number of nitrogens with two attached hydrogens (primary N) is 1. The number of oxime groups is 1. The van der Waals surface area contributed by atoms with Crippen LogP contribution in [0.2, 0.25) is 0 Å². The number of hydrogen-bond donors (Lipinski definition) is 3. The van der Waals surface area contributed by atoms with Crippen LogP contribution in [-0.2, 0) is 11.3 Å².